The number of nitrogens with zero attached hydrogens (tertiary/aromatic N) is 1. The first kappa shape index (κ1) is 19.9. The van der Waals surface area contributed by atoms with E-state index in [2.05, 4.69) is 4.72 Å². The number of likely N-dealkylation sites (tertiary alicyclic amines) is 1. The average Bonchev–Trinajstić information content (AvgIpc) is 2.86. The number of sulfonamides is 1. The molecule has 1 aromatic carbocycles. The van der Waals surface area contributed by atoms with Gasteiger partial charge in [0.15, 0.2) is 11.5 Å². The van der Waals surface area contributed by atoms with Crippen LogP contribution < -0.4 is 19.9 Å². The Bertz CT molecular complexity index is 798. The summed E-state index contributed by atoms with van der Waals surface area (Å²) in [6.45, 7) is 5.59. The molecule has 9 heteroatoms. The molecule has 2 aliphatic heterocycles. The summed E-state index contributed by atoms with van der Waals surface area (Å²) < 4.78 is 39.0. The van der Waals surface area contributed by atoms with Crippen molar-refractivity contribution in [2.45, 2.75) is 43.7 Å². The highest BCUT2D eigenvalue weighted by Crippen LogP contribution is 2.32. The Hall–Kier alpha value is -1.84. The molecule has 3 unspecified atom stereocenters. The summed E-state index contributed by atoms with van der Waals surface area (Å²) in [6, 6.07) is 3.65. The summed E-state index contributed by atoms with van der Waals surface area (Å²) in [5.74, 6) is 0.938. The van der Waals surface area contributed by atoms with E-state index in [0.717, 1.165) is 12.8 Å². The first-order valence-corrected chi connectivity index (χ1v) is 10.7. The molecular weight excluding hydrogens is 370 g/mol. The number of benzene rings is 1. The maximum Gasteiger partial charge on any atom is 0.241 e. The smallest absolute Gasteiger partial charge is 0.241 e. The van der Waals surface area contributed by atoms with Crippen molar-refractivity contribution in [3.63, 3.8) is 0 Å². The maximum absolute atomic E-state index is 12.7. The Balaban J connectivity index is 1.72. The van der Waals surface area contributed by atoms with Gasteiger partial charge in [0.25, 0.3) is 0 Å². The minimum atomic E-state index is -3.87. The van der Waals surface area contributed by atoms with Gasteiger partial charge in [-0.2, -0.15) is 4.72 Å². The van der Waals surface area contributed by atoms with E-state index in [4.69, 9.17) is 15.2 Å². The second-order valence-electron chi connectivity index (χ2n) is 7.18. The van der Waals surface area contributed by atoms with Crippen molar-refractivity contribution >= 4 is 15.9 Å². The molecular formula is C18H27N3O5S. The highest BCUT2D eigenvalue weighted by Gasteiger charge is 2.35. The van der Waals surface area contributed by atoms with Crippen molar-refractivity contribution in [1.82, 2.24) is 9.62 Å². The molecule has 1 aromatic rings. The summed E-state index contributed by atoms with van der Waals surface area (Å²) in [7, 11) is -3.87. The van der Waals surface area contributed by atoms with Crippen LogP contribution in [0.15, 0.2) is 23.1 Å². The quantitative estimate of drug-likeness (QED) is 0.757. The average molecular weight is 397 g/mol. The van der Waals surface area contributed by atoms with Gasteiger partial charge in [-0.3, -0.25) is 4.79 Å². The fourth-order valence-electron chi connectivity index (χ4n) is 3.53. The van der Waals surface area contributed by atoms with Gasteiger partial charge in [-0.1, -0.05) is 0 Å². The largest absolute Gasteiger partial charge is 0.490 e. The minimum Gasteiger partial charge on any atom is -0.490 e. The normalized spacial score (nSPS) is 23.7. The van der Waals surface area contributed by atoms with Crippen LogP contribution in [0.2, 0.25) is 0 Å². The van der Waals surface area contributed by atoms with Crippen LogP contribution in [-0.4, -0.2) is 57.6 Å². The first-order chi connectivity index (χ1) is 12.8. The highest BCUT2D eigenvalue weighted by atomic mass is 32.2. The summed E-state index contributed by atoms with van der Waals surface area (Å²) in [4.78, 5) is 14.5. The lowest BCUT2D eigenvalue weighted by Gasteiger charge is -2.25. The number of carbonyl (C=O) groups excluding carboxylic acids is 1. The Morgan fingerprint density at radius 1 is 1.33 bits per heavy atom. The van der Waals surface area contributed by atoms with E-state index in [1.54, 1.807) is 17.9 Å². The Labute approximate surface area is 160 Å². The SMILES string of the molecule is CC(NS(=O)(=O)c1ccc2c(c1)OCCCO2)C(=O)N1CC(CN)CC1C. The summed E-state index contributed by atoms with van der Waals surface area (Å²) in [6.07, 6.45) is 1.57. The van der Waals surface area contributed by atoms with E-state index in [1.165, 1.54) is 12.1 Å². The predicted octanol–water partition coefficient (Wildman–Crippen LogP) is 0.710. The zero-order chi connectivity index (χ0) is 19.6. The van der Waals surface area contributed by atoms with E-state index in [-0.39, 0.29) is 22.8 Å². The summed E-state index contributed by atoms with van der Waals surface area (Å²) in [5, 5.41) is 0. The van der Waals surface area contributed by atoms with Crippen molar-refractivity contribution < 1.29 is 22.7 Å². The van der Waals surface area contributed by atoms with Crippen molar-refractivity contribution in [2.24, 2.45) is 11.7 Å². The molecule has 1 saturated heterocycles. The molecule has 27 heavy (non-hydrogen) atoms. The lowest BCUT2D eigenvalue weighted by Crippen LogP contribution is -2.48. The third-order valence-electron chi connectivity index (χ3n) is 5.01. The second-order valence-corrected chi connectivity index (χ2v) is 8.89. The van der Waals surface area contributed by atoms with Gasteiger partial charge in [-0.15, -0.1) is 0 Å². The fraction of sp³-hybridized carbons (Fsp3) is 0.611. The lowest BCUT2D eigenvalue weighted by molar-refractivity contribution is -0.133. The molecule has 0 spiro atoms. The van der Waals surface area contributed by atoms with Crippen LogP contribution in [0.4, 0.5) is 0 Å². The van der Waals surface area contributed by atoms with Crippen LogP contribution in [0.5, 0.6) is 11.5 Å². The Kier molecular flexibility index (Phi) is 5.92. The molecule has 3 rings (SSSR count). The van der Waals surface area contributed by atoms with Gasteiger partial charge in [0.1, 0.15) is 0 Å². The monoisotopic (exact) mass is 397 g/mol. The molecule has 0 saturated carbocycles. The van der Waals surface area contributed by atoms with E-state index in [1.807, 2.05) is 6.92 Å². The molecule has 1 amide bonds. The van der Waals surface area contributed by atoms with E-state index >= 15 is 0 Å². The lowest BCUT2D eigenvalue weighted by atomic mass is 10.1. The number of hydrogen-bond donors (Lipinski definition) is 2. The van der Waals surface area contributed by atoms with E-state index < -0.39 is 16.1 Å². The molecule has 2 aliphatic rings. The van der Waals surface area contributed by atoms with Gasteiger partial charge in [-0.25, -0.2) is 8.42 Å². The zero-order valence-electron chi connectivity index (χ0n) is 15.7. The molecule has 3 atom stereocenters. The molecule has 0 aromatic heterocycles. The highest BCUT2D eigenvalue weighted by molar-refractivity contribution is 7.89. The van der Waals surface area contributed by atoms with Crippen LogP contribution in [0.25, 0.3) is 0 Å². The van der Waals surface area contributed by atoms with Crippen LogP contribution >= 0.6 is 0 Å². The molecule has 3 N–H and O–H groups in total. The Morgan fingerprint density at radius 2 is 2.04 bits per heavy atom. The molecule has 0 bridgehead atoms. The number of carbonyl (C=O) groups is 1. The van der Waals surface area contributed by atoms with Crippen molar-refractivity contribution in [3.05, 3.63) is 18.2 Å². The van der Waals surface area contributed by atoms with E-state index in [0.29, 0.717) is 37.8 Å². The van der Waals surface area contributed by atoms with Gasteiger partial charge in [0, 0.05) is 25.1 Å². The molecule has 150 valence electrons. The number of fused-ring (bicyclic) bond motifs is 1. The molecule has 8 nitrogen and oxygen atoms in total. The predicted molar refractivity (Wildman–Crippen MR) is 100 cm³/mol. The van der Waals surface area contributed by atoms with Gasteiger partial charge >= 0.3 is 0 Å². The standard InChI is InChI=1S/C18H27N3O5S/c1-12-8-14(10-19)11-21(12)18(22)13(2)20-27(23,24)15-4-5-16-17(9-15)26-7-3-6-25-16/h4-5,9,12-14,20H,3,6-8,10-11,19H2,1-2H3. The summed E-state index contributed by atoms with van der Waals surface area (Å²) >= 11 is 0. The van der Waals surface area contributed by atoms with Crippen LogP contribution in [0.3, 0.4) is 0 Å². The number of nitrogens with two attached hydrogens (primary N) is 1. The van der Waals surface area contributed by atoms with Gasteiger partial charge in [0.05, 0.1) is 24.2 Å². The van der Waals surface area contributed by atoms with Crippen LogP contribution in [-0.2, 0) is 14.8 Å². The number of hydrogen-bond acceptors (Lipinski definition) is 6. The van der Waals surface area contributed by atoms with Gasteiger partial charge in [-0.05, 0) is 44.9 Å². The topological polar surface area (TPSA) is 111 Å². The van der Waals surface area contributed by atoms with E-state index in [9.17, 15) is 13.2 Å². The van der Waals surface area contributed by atoms with Crippen LogP contribution in [0.1, 0.15) is 26.7 Å². The zero-order valence-corrected chi connectivity index (χ0v) is 16.5. The Morgan fingerprint density at radius 3 is 2.70 bits per heavy atom. The summed E-state index contributed by atoms with van der Waals surface area (Å²) in [5.41, 5.74) is 5.71. The minimum absolute atomic E-state index is 0.0423. The first-order valence-electron chi connectivity index (χ1n) is 9.24. The van der Waals surface area contributed by atoms with Gasteiger partial charge < -0.3 is 20.1 Å². The number of rotatable bonds is 5. The van der Waals surface area contributed by atoms with Gasteiger partial charge in [0.2, 0.25) is 15.9 Å². The number of amides is 1. The van der Waals surface area contributed by atoms with Crippen molar-refractivity contribution in [3.8, 4) is 11.5 Å². The second kappa shape index (κ2) is 8.04. The number of nitrogens with one attached hydrogen (secondary N) is 1. The van der Waals surface area contributed by atoms with Crippen LogP contribution in [0, 0.1) is 5.92 Å². The molecule has 0 aliphatic carbocycles. The van der Waals surface area contributed by atoms with Crippen molar-refractivity contribution in [1.29, 1.82) is 0 Å². The molecule has 2 heterocycles. The van der Waals surface area contributed by atoms with Crippen molar-refractivity contribution in [2.75, 3.05) is 26.3 Å². The third-order valence-corrected chi connectivity index (χ3v) is 6.55. The maximum atomic E-state index is 12.7. The third kappa shape index (κ3) is 4.36. The fourth-order valence-corrected chi connectivity index (χ4v) is 4.74. The number of ether oxygens (including phenoxy) is 2. The molecule has 1 fully saturated rings. The molecule has 0 radical (unpaired) electrons.